The van der Waals surface area contributed by atoms with Gasteiger partial charge < -0.3 is 9.47 Å². The first-order valence-electron chi connectivity index (χ1n) is 4.98. The number of benzene rings is 1. The van der Waals surface area contributed by atoms with Crippen molar-refractivity contribution in [1.82, 2.24) is 0 Å². The Bertz CT molecular complexity index is 457. The van der Waals surface area contributed by atoms with Crippen molar-refractivity contribution in [3.63, 3.8) is 0 Å². The molecule has 0 saturated heterocycles. The molecule has 1 atom stereocenters. The fraction of sp³-hybridized carbons (Fsp3) is 0.231. The van der Waals surface area contributed by atoms with Gasteiger partial charge in [0, 0.05) is 6.92 Å². The van der Waals surface area contributed by atoms with E-state index in [4.69, 9.17) is 14.7 Å². The number of rotatable bonds is 4. The van der Waals surface area contributed by atoms with Crippen LogP contribution in [0.5, 0.6) is 5.75 Å². The Hall–Kier alpha value is -2.28. The second kappa shape index (κ2) is 5.71. The van der Waals surface area contributed by atoms with E-state index in [2.05, 4.69) is 6.58 Å². The number of nitrogens with zero attached hydrogens (tertiary/aromatic N) is 1. The van der Waals surface area contributed by atoms with E-state index < -0.39 is 12.1 Å². The van der Waals surface area contributed by atoms with Gasteiger partial charge in [0.05, 0.1) is 18.8 Å². The van der Waals surface area contributed by atoms with Crippen LogP contribution in [0.2, 0.25) is 0 Å². The zero-order valence-corrected chi connectivity index (χ0v) is 9.77. The van der Waals surface area contributed by atoms with Crippen LogP contribution in [0.1, 0.15) is 18.6 Å². The lowest BCUT2D eigenvalue weighted by atomic mass is 10.0. The number of nitriles is 1. The minimum atomic E-state index is -0.733. The molecule has 0 N–H and O–H groups in total. The summed E-state index contributed by atoms with van der Waals surface area (Å²) < 4.78 is 10.1. The van der Waals surface area contributed by atoms with Crippen LogP contribution in [0.3, 0.4) is 0 Å². The Labute approximate surface area is 100 Å². The van der Waals surface area contributed by atoms with Gasteiger partial charge in [-0.2, -0.15) is 5.26 Å². The van der Waals surface area contributed by atoms with Gasteiger partial charge in [-0.25, -0.2) is 0 Å². The summed E-state index contributed by atoms with van der Waals surface area (Å²) in [4.78, 5) is 11.0. The monoisotopic (exact) mass is 231 g/mol. The van der Waals surface area contributed by atoms with Gasteiger partial charge in [0.25, 0.3) is 0 Å². The van der Waals surface area contributed by atoms with Gasteiger partial charge in [0.1, 0.15) is 5.75 Å². The number of ether oxygens (including phenoxy) is 2. The molecule has 0 saturated carbocycles. The third-order valence-electron chi connectivity index (χ3n) is 2.16. The summed E-state index contributed by atoms with van der Waals surface area (Å²) in [7, 11) is 1.56. The van der Waals surface area contributed by atoms with Crippen molar-refractivity contribution in [1.29, 1.82) is 5.26 Å². The van der Waals surface area contributed by atoms with Crippen molar-refractivity contribution in [3.05, 3.63) is 42.0 Å². The van der Waals surface area contributed by atoms with Gasteiger partial charge in [0.15, 0.2) is 6.10 Å². The van der Waals surface area contributed by atoms with E-state index in [1.54, 1.807) is 31.4 Å². The van der Waals surface area contributed by atoms with Crippen molar-refractivity contribution >= 4 is 5.97 Å². The fourth-order valence-electron chi connectivity index (χ4n) is 1.34. The first-order valence-corrected chi connectivity index (χ1v) is 4.98. The smallest absolute Gasteiger partial charge is 0.303 e. The molecule has 0 fully saturated rings. The first kappa shape index (κ1) is 12.8. The second-order valence-electron chi connectivity index (χ2n) is 3.40. The van der Waals surface area contributed by atoms with Gasteiger partial charge in [-0.3, -0.25) is 4.79 Å². The van der Waals surface area contributed by atoms with Gasteiger partial charge in [-0.15, -0.1) is 0 Å². The van der Waals surface area contributed by atoms with Crippen molar-refractivity contribution in [2.24, 2.45) is 0 Å². The first-order chi connectivity index (χ1) is 8.08. The largest absolute Gasteiger partial charge is 0.497 e. The van der Waals surface area contributed by atoms with E-state index in [1.165, 1.54) is 6.92 Å². The number of carbonyl (C=O) groups excluding carboxylic acids is 1. The highest BCUT2D eigenvalue weighted by molar-refractivity contribution is 5.67. The second-order valence-corrected chi connectivity index (χ2v) is 3.40. The quantitative estimate of drug-likeness (QED) is 0.589. The molecule has 0 aliphatic carbocycles. The molecule has 4 heteroatoms. The van der Waals surface area contributed by atoms with Crippen molar-refractivity contribution in [3.8, 4) is 11.8 Å². The van der Waals surface area contributed by atoms with E-state index in [-0.39, 0.29) is 5.57 Å². The molecule has 0 aliphatic rings. The number of hydrogen-bond acceptors (Lipinski definition) is 4. The number of carbonyl (C=O) groups is 1. The Kier molecular flexibility index (Phi) is 4.29. The lowest BCUT2D eigenvalue weighted by Gasteiger charge is -2.16. The minimum absolute atomic E-state index is 0.186. The number of hydrogen-bond donors (Lipinski definition) is 0. The Morgan fingerprint density at radius 2 is 2.00 bits per heavy atom. The van der Waals surface area contributed by atoms with Gasteiger partial charge in [-0.05, 0) is 17.7 Å². The topological polar surface area (TPSA) is 59.3 Å². The minimum Gasteiger partial charge on any atom is -0.497 e. The van der Waals surface area contributed by atoms with E-state index >= 15 is 0 Å². The van der Waals surface area contributed by atoms with E-state index in [1.807, 2.05) is 6.07 Å². The zero-order chi connectivity index (χ0) is 12.8. The van der Waals surface area contributed by atoms with Crippen LogP contribution in [0.25, 0.3) is 0 Å². The number of esters is 1. The van der Waals surface area contributed by atoms with Crippen LogP contribution in [-0.2, 0) is 9.53 Å². The maximum absolute atomic E-state index is 11.0. The Morgan fingerprint density at radius 3 is 2.41 bits per heavy atom. The van der Waals surface area contributed by atoms with Crippen LogP contribution in [-0.4, -0.2) is 13.1 Å². The molecule has 17 heavy (non-hydrogen) atoms. The van der Waals surface area contributed by atoms with E-state index in [0.717, 1.165) is 0 Å². The van der Waals surface area contributed by atoms with Crippen LogP contribution < -0.4 is 4.74 Å². The summed E-state index contributed by atoms with van der Waals surface area (Å²) in [5, 5.41) is 8.81. The summed E-state index contributed by atoms with van der Waals surface area (Å²) >= 11 is 0. The third-order valence-corrected chi connectivity index (χ3v) is 2.16. The standard InChI is InChI=1S/C13H13NO3/c1-9(8-14)13(17-10(2)15)11-4-6-12(16-3)7-5-11/h4-7,13H,1H2,2-3H3. The van der Waals surface area contributed by atoms with E-state index in [9.17, 15) is 4.79 Å². The number of methoxy groups -OCH3 is 1. The summed E-state index contributed by atoms with van der Waals surface area (Å²) in [6.45, 7) is 4.87. The molecule has 1 aromatic carbocycles. The third kappa shape index (κ3) is 3.35. The van der Waals surface area contributed by atoms with Crippen molar-refractivity contribution < 1.29 is 14.3 Å². The molecule has 88 valence electrons. The Morgan fingerprint density at radius 1 is 1.41 bits per heavy atom. The summed E-state index contributed by atoms with van der Waals surface area (Å²) in [6.07, 6.45) is -0.733. The fourth-order valence-corrected chi connectivity index (χ4v) is 1.34. The molecule has 4 nitrogen and oxygen atoms in total. The molecule has 0 spiro atoms. The molecule has 0 heterocycles. The normalized spacial score (nSPS) is 11.1. The molecular weight excluding hydrogens is 218 g/mol. The summed E-state index contributed by atoms with van der Waals surface area (Å²) in [5.74, 6) is 0.236. The molecule has 1 aromatic rings. The molecule has 1 rings (SSSR count). The summed E-state index contributed by atoms with van der Waals surface area (Å²) in [5.41, 5.74) is 0.873. The predicted molar refractivity (Wildman–Crippen MR) is 62.3 cm³/mol. The average Bonchev–Trinajstić information content (AvgIpc) is 2.35. The van der Waals surface area contributed by atoms with Gasteiger partial charge in [-0.1, -0.05) is 18.7 Å². The molecular formula is C13H13NO3. The van der Waals surface area contributed by atoms with Gasteiger partial charge in [0.2, 0.25) is 0 Å². The van der Waals surface area contributed by atoms with Crippen LogP contribution in [0.4, 0.5) is 0 Å². The molecule has 1 unspecified atom stereocenters. The molecule has 0 amide bonds. The molecule has 0 bridgehead atoms. The molecule has 0 aliphatic heterocycles. The lowest BCUT2D eigenvalue weighted by molar-refractivity contribution is -0.144. The van der Waals surface area contributed by atoms with Crippen LogP contribution in [0.15, 0.2) is 36.4 Å². The highest BCUT2D eigenvalue weighted by Crippen LogP contribution is 2.26. The maximum Gasteiger partial charge on any atom is 0.303 e. The van der Waals surface area contributed by atoms with Crippen molar-refractivity contribution in [2.45, 2.75) is 13.0 Å². The highest BCUT2D eigenvalue weighted by Gasteiger charge is 2.18. The lowest BCUT2D eigenvalue weighted by Crippen LogP contribution is -2.09. The van der Waals surface area contributed by atoms with Gasteiger partial charge >= 0.3 is 5.97 Å². The van der Waals surface area contributed by atoms with E-state index in [0.29, 0.717) is 11.3 Å². The SMILES string of the molecule is C=C(C#N)C(OC(C)=O)c1ccc(OC)cc1. The van der Waals surface area contributed by atoms with Crippen molar-refractivity contribution in [2.75, 3.05) is 7.11 Å². The predicted octanol–water partition coefficient (Wildman–Crippen LogP) is 2.38. The van der Waals surface area contributed by atoms with Crippen LogP contribution >= 0.6 is 0 Å². The molecule has 0 radical (unpaired) electrons. The average molecular weight is 231 g/mol. The summed E-state index contributed by atoms with van der Waals surface area (Å²) in [6, 6.07) is 8.82. The molecule has 0 aromatic heterocycles. The maximum atomic E-state index is 11.0. The zero-order valence-electron chi connectivity index (χ0n) is 9.77. The van der Waals surface area contributed by atoms with Crippen LogP contribution in [0, 0.1) is 11.3 Å². The Balaban J connectivity index is 3.00. The highest BCUT2D eigenvalue weighted by atomic mass is 16.5.